The van der Waals surface area contributed by atoms with Crippen LogP contribution in [0, 0.1) is 19.8 Å². The van der Waals surface area contributed by atoms with Crippen LogP contribution in [-0.4, -0.2) is 0 Å². The van der Waals surface area contributed by atoms with Gasteiger partial charge in [-0.15, -0.1) is 0 Å². The molecular weight excluding hydrogens is 288 g/mol. The number of hydrogen-bond donors (Lipinski definition) is 0. The zero-order valence-electron chi connectivity index (χ0n) is 15.1. The lowest BCUT2D eigenvalue weighted by atomic mass is 9.84. The fraction of sp³-hybridized carbons (Fsp3) is 0.417. The first kappa shape index (κ1) is 15.7. The molecule has 0 heteroatoms. The molecule has 0 spiro atoms. The molecule has 2 aliphatic rings. The lowest BCUT2D eigenvalue weighted by molar-refractivity contribution is 0.355. The van der Waals surface area contributed by atoms with Crippen LogP contribution in [-0.2, 0) is 6.42 Å². The van der Waals surface area contributed by atoms with Crippen molar-refractivity contribution in [2.75, 3.05) is 0 Å². The molecule has 0 amide bonds. The fourth-order valence-electron chi connectivity index (χ4n) is 4.53. The van der Waals surface area contributed by atoms with Crippen LogP contribution in [0.2, 0.25) is 0 Å². The highest BCUT2D eigenvalue weighted by Gasteiger charge is 2.22. The van der Waals surface area contributed by atoms with Gasteiger partial charge in [-0.1, -0.05) is 85.7 Å². The molecule has 0 aromatic heterocycles. The summed E-state index contributed by atoms with van der Waals surface area (Å²) in [6.45, 7) is 4.43. The predicted octanol–water partition coefficient (Wildman–Crippen LogP) is 6.88. The molecule has 1 saturated carbocycles. The van der Waals surface area contributed by atoms with Gasteiger partial charge < -0.3 is 0 Å². The Morgan fingerprint density at radius 1 is 0.875 bits per heavy atom. The van der Waals surface area contributed by atoms with Crippen molar-refractivity contribution in [3.05, 3.63) is 64.2 Å². The largest absolute Gasteiger partial charge is 0.0649 e. The Morgan fingerprint density at radius 3 is 2.38 bits per heavy atom. The maximum absolute atomic E-state index is 2.52. The Balaban J connectivity index is 1.65. The number of benzene rings is 2. The molecular formula is C24H28. The van der Waals surface area contributed by atoms with Crippen molar-refractivity contribution in [3.8, 4) is 11.1 Å². The van der Waals surface area contributed by atoms with Gasteiger partial charge in [0.15, 0.2) is 0 Å². The molecule has 124 valence electrons. The molecule has 0 aliphatic heterocycles. The number of aryl methyl sites for hydroxylation is 2. The number of hydrogen-bond acceptors (Lipinski definition) is 0. The highest BCUT2D eigenvalue weighted by Crippen LogP contribution is 2.39. The lowest BCUT2D eigenvalue weighted by Gasteiger charge is -2.21. The van der Waals surface area contributed by atoms with E-state index in [1.165, 1.54) is 72.8 Å². The number of allylic oxidation sites excluding steroid dienone is 1. The summed E-state index contributed by atoms with van der Waals surface area (Å²) in [6.07, 6.45) is 12.2. The van der Waals surface area contributed by atoms with Gasteiger partial charge in [0, 0.05) is 0 Å². The van der Waals surface area contributed by atoms with Crippen molar-refractivity contribution in [2.45, 2.75) is 58.8 Å². The average Bonchev–Trinajstić information content (AvgIpc) is 3.02. The van der Waals surface area contributed by atoms with Crippen LogP contribution in [0.5, 0.6) is 0 Å². The average molecular weight is 316 g/mol. The van der Waals surface area contributed by atoms with Crippen LogP contribution >= 0.6 is 0 Å². The van der Waals surface area contributed by atoms with Gasteiger partial charge in [-0.3, -0.25) is 0 Å². The first-order chi connectivity index (χ1) is 11.7. The van der Waals surface area contributed by atoms with Gasteiger partial charge in [-0.2, -0.15) is 0 Å². The molecule has 4 rings (SSSR count). The fourth-order valence-corrected chi connectivity index (χ4v) is 4.53. The summed E-state index contributed by atoms with van der Waals surface area (Å²) in [5.74, 6) is 0.933. The van der Waals surface area contributed by atoms with Crippen LogP contribution in [0.15, 0.2) is 42.0 Å². The topological polar surface area (TPSA) is 0 Å². The summed E-state index contributed by atoms with van der Waals surface area (Å²) in [5.41, 5.74) is 10.3. The standard InChI is InChI=1S/C24H28/c1-17-8-11-21(12-9-17)22-13-10-18(2)23-15-20(16-24(22)23)14-19-6-4-3-5-7-19/h8-13,16,19H,3-7,14-15H2,1-2H3. The van der Waals surface area contributed by atoms with E-state index in [0.717, 1.165) is 5.92 Å². The SMILES string of the molecule is Cc1ccc(-c2ccc(C)c3c2C=C(CC2CCCCC2)C3)cc1. The van der Waals surface area contributed by atoms with Gasteiger partial charge in [0.05, 0.1) is 0 Å². The quantitative estimate of drug-likeness (QED) is 0.579. The van der Waals surface area contributed by atoms with Crippen molar-refractivity contribution in [2.24, 2.45) is 5.92 Å². The summed E-state index contributed by atoms with van der Waals surface area (Å²) in [7, 11) is 0. The van der Waals surface area contributed by atoms with Gasteiger partial charge in [-0.05, 0) is 60.4 Å². The Kier molecular flexibility index (Phi) is 4.31. The van der Waals surface area contributed by atoms with E-state index in [9.17, 15) is 0 Å². The molecule has 1 fully saturated rings. The number of fused-ring (bicyclic) bond motifs is 1. The lowest BCUT2D eigenvalue weighted by Crippen LogP contribution is -2.07. The van der Waals surface area contributed by atoms with Crippen molar-refractivity contribution in [1.29, 1.82) is 0 Å². The molecule has 0 radical (unpaired) electrons. The minimum Gasteiger partial charge on any atom is -0.0649 e. The van der Waals surface area contributed by atoms with Crippen molar-refractivity contribution in [1.82, 2.24) is 0 Å². The predicted molar refractivity (Wildman–Crippen MR) is 104 cm³/mol. The summed E-state index contributed by atoms with van der Waals surface area (Å²) in [6, 6.07) is 13.6. The van der Waals surface area contributed by atoms with E-state index in [1.54, 1.807) is 11.1 Å². The van der Waals surface area contributed by atoms with Crippen LogP contribution < -0.4 is 0 Å². The Hall–Kier alpha value is -1.82. The Labute approximate surface area is 146 Å². The normalized spacial score (nSPS) is 17.7. The van der Waals surface area contributed by atoms with Crippen molar-refractivity contribution < 1.29 is 0 Å². The van der Waals surface area contributed by atoms with Crippen molar-refractivity contribution >= 4 is 6.08 Å². The molecule has 0 heterocycles. The molecule has 2 aromatic rings. The van der Waals surface area contributed by atoms with E-state index in [2.05, 4.69) is 56.3 Å². The van der Waals surface area contributed by atoms with E-state index >= 15 is 0 Å². The molecule has 0 saturated heterocycles. The minimum atomic E-state index is 0.933. The molecule has 0 atom stereocenters. The van der Waals surface area contributed by atoms with E-state index in [-0.39, 0.29) is 0 Å². The zero-order valence-corrected chi connectivity index (χ0v) is 15.1. The first-order valence-electron chi connectivity index (χ1n) is 9.59. The maximum atomic E-state index is 2.52. The summed E-state index contributed by atoms with van der Waals surface area (Å²) in [4.78, 5) is 0. The highest BCUT2D eigenvalue weighted by atomic mass is 14.3. The maximum Gasteiger partial charge on any atom is -0.00549 e. The third-order valence-electron chi connectivity index (χ3n) is 5.98. The van der Waals surface area contributed by atoms with Crippen LogP contribution in [0.3, 0.4) is 0 Å². The monoisotopic (exact) mass is 316 g/mol. The molecule has 0 nitrogen and oxygen atoms in total. The third kappa shape index (κ3) is 3.07. The Bertz CT molecular complexity index is 755. The van der Waals surface area contributed by atoms with E-state index in [0.29, 0.717) is 0 Å². The highest BCUT2D eigenvalue weighted by molar-refractivity contribution is 5.81. The molecule has 2 aliphatic carbocycles. The zero-order chi connectivity index (χ0) is 16.5. The third-order valence-corrected chi connectivity index (χ3v) is 5.98. The van der Waals surface area contributed by atoms with Crippen molar-refractivity contribution in [3.63, 3.8) is 0 Å². The van der Waals surface area contributed by atoms with Gasteiger partial charge in [0.1, 0.15) is 0 Å². The second-order valence-corrected chi connectivity index (χ2v) is 7.88. The Morgan fingerprint density at radius 2 is 1.62 bits per heavy atom. The second-order valence-electron chi connectivity index (χ2n) is 7.88. The first-order valence-corrected chi connectivity index (χ1v) is 9.59. The van der Waals surface area contributed by atoms with Gasteiger partial charge in [0.2, 0.25) is 0 Å². The molecule has 0 unspecified atom stereocenters. The molecule has 0 N–H and O–H groups in total. The number of rotatable bonds is 3. The summed E-state index contributed by atoms with van der Waals surface area (Å²) < 4.78 is 0. The molecule has 24 heavy (non-hydrogen) atoms. The minimum absolute atomic E-state index is 0.933. The second kappa shape index (κ2) is 6.59. The van der Waals surface area contributed by atoms with Gasteiger partial charge in [0.25, 0.3) is 0 Å². The van der Waals surface area contributed by atoms with Gasteiger partial charge in [-0.25, -0.2) is 0 Å². The van der Waals surface area contributed by atoms with Crippen LogP contribution in [0.25, 0.3) is 17.2 Å². The van der Waals surface area contributed by atoms with Gasteiger partial charge >= 0.3 is 0 Å². The van der Waals surface area contributed by atoms with Crippen LogP contribution in [0.1, 0.15) is 60.8 Å². The summed E-state index contributed by atoms with van der Waals surface area (Å²) in [5, 5.41) is 0. The summed E-state index contributed by atoms with van der Waals surface area (Å²) >= 11 is 0. The van der Waals surface area contributed by atoms with Crippen LogP contribution in [0.4, 0.5) is 0 Å². The molecule has 2 aromatic carbocycles. The molecule has 0 bridgehead atoms. The smallest absolute Gasteiger partial charge is 0.00549 e. The van der Waals surface area contributed by atoms with E-state index in [4.69, 9.17) is 0 Å². The van der Waals surface area contributed by atoms with E-state index in [1.807, 2.05) is 0 Å². The van der Waals surface area contributed by atoms with E-state index < -0.39 is 0 Å².